The summed E-state index contributed by atoms with van der Waals surface area (Å²) in [4.78, 5) is 0. The number of aromatic nitrogens is 1. The third-order valence-corrected chi connectivity index (χ3v) is 3.21. The van der Waals surface area contributed by atoms with Crippen LogP contribution < -0.4 is 10.1 Å². The summed E-state index contributed by atoms with van der Waals surface area (Å²) in [6.45, 7) is 3.54. The van der Waals surface area contributed by atoms with Crippen molar-refractivity contribution in [3.8, 4) is 5.75 Å². The van der Waals surface area contributed by atoms with Gasteiger partial charge >= 0.3 is 0 Å². The van der Waals surface area contributed by atoms with Gasteiger partial charge in [0.1, 0.15) is 5.75 Å². The molecular weight excluding hydrogens is 260 g/mol. The van der Waals surface area contributed by atoms with E-state index in [9.17, 15) is 0 Å². The molecule has 0 amide bonds. The molecule has 0 radical (unpaired) electrons. The predicted octanol–water partition coefficient (Wildman–Crippen LogP) is 4.08. The molecule has 0 aliphatic heterocycles. The summed E-state index contributed by atoms with van der Waals surface area (Å²) in [6.07, 6.45) is 3.01. The Kier molecular flexibility index (Phi) is 4.74. The van der Waals surface area contributed by atoms with Crippen LogP contribution in [0.1, 0.15) is 19.0 Å². The first kappa shape index (κ1) is 13.8. The van der Waals surface area contributed by atoms with Crippen LogP contribution in [0.15, 0.2) is 36.5 Å². The molecule has 1 N–H and O–H groups in total. The van der Waals surface area contributed by atoms with E-state index in [0.717, 1.165) is 24.4 Å². The SMILES string of the molecule is CCCOc1ccc(NCc2cccn2C)cc1Cl. The Morgan fingerprint density at radius 2 is 2.16 bits per heavy atom. The van der Waals surface area contributed by atoms with Crippen LogP contribution in [0.2, 0.25) is 5.02 Å². The van der Waals surface area contributed by atoms with E-state index in [1.165, 1.54) is 5.69 Å². The molecule has 0 aliphatic rings. The van der Waals surface area contributed by atoms with Crippen LogP contribution in [0.25, 0.3) is 0 Å². The number of ether oxygens (including phenoxy) is 1. The summed E-state index contributed by atoms with van der Waals surface area (Å²) in [7, 11) is 2.03. The van der Waals surface area contributed by atoms with Crippen LogP contribution in [-0.2, 0) is 13.6 Å². The molecule has 4 heteroatoms. The van der Waals surface area contributed by atoms with Gasteiger partial charge in [0, 0.05) is 24.6 Å². The zero-order valence-corrected chi connectivity index (χ0v) is 12.1. The van der Waals surface area contributed by atoms with Crippen molar-refractivity contribution >= 4 is 17.3 Å². The van der Waals surface area contributed by atoms with Crippen LogP contribution in [-0.4, -0.2) is 11.2 Å². The van der Waals surface area contributed by atoms with E-state index >= 15 is 0 Å². The first-order valence-electron chi connectivity index (χ1n) is 6.47. The summed E-state index contributed by atoms with van der Waals surface area (Å²) in [6, 6.07) is 9.92. The lowest BCUT2D eigenvalue weighted by atomic mass is 10.3. The topological polar surface area (TPSA) is 26.2 Å². The molecule has 2 aromatic rings. The average molecular weight is 279 g/mol. The van der Waals surface area contributed by atoms with E-state index < -0.39 is 0 Å². The quantitative estimate of drug-likeness (QED) is 0.862. The molecule has 1 aromatic heterocycles. The molecule has 0 unspecified atom stereocenters. The molecule has 0 saturated carbocycles. The van der Waals surface area contributed by atoms with Crippen LogP contribution in [0.3, 0.4) is 0 Å². The van der Waals surface area contributed by atoms with Crippen LogP contribution >= 0.6 is 11.6 Å². The maximum absolute atomic E-state index is 6.19. The summed E-state index contributed by atoms with van der Waals surface area (Å²) in [5, 5.41) is 4.00. The van der Waals surface area contributed by atoms with E-state index in [4.69, 9.17) is 16.3 Å². The number of nitrogens with one attached hydrogen (secondary N) is 1. The van der Waals surface area contributed by atoms with Crippen LogP contribution in [0.4, 0.5) is 5.69 Å². The molecule has 1 aromatic carbocycles. The highest BCUT2D eigenvalue weighted by molar-refractivity contribution is 6.32. The molecule has 0 fully saturated rings. The first-order chi connectivity index (χ1) is 9.20. The van der Waals surface area contributed by atoms with E-state index in [0.29, 0.717) is 11.6 Å². The van der Waals surface area contributed by atoms with E-state index in [1.807, 2.05) is 37.5 Å². The standard InChI is InChI=1S/C15H19ClN2O/c1-3-9-19-15-7-6-12(10-14(15)16)17-11-13-5-4-8-18(13)2/h4-8,10,17H,3,9,11H2,1-2H3. The Morgan fingerprint density at radius 3 is 2.79 bits per heavy atom. The number of anilines is 1. The lowest BCUT2D eigenvalue weighted by Gasteiger charge is -2.11. The summed E-state index contributed by atoms with van der Waals surface area (Å²) >= 11 is 6.19. The highest BCUT2D eigenvalue weighted by Crippen LogP contribution is 2.28. The van der Waals surface area contributed by atoms with Gasteiger partial charge in [-0.2, -0.15) is 0 Å². The van der Waals surface area contributed by atoms with Crippen molar-refractivity contribution in [2.45, 2.75) is 19.9 Å². The predicted molar refractivity (Wildman–Crippen MR) is 80.0 cm³/mol. The molecule has 0 spiro atoms. The van der Waals surface area contributed by atoms with Crippen LogP contribution in [0.5, 0.6) is 5.75 Å². The summed E-state index contributed by atoms with van der Waals surface area (Å²) in [5.41, 5.74) is 2.22. The fourth-order valence-corrected chi connectivity index (χ4v) is 2.05. The maximum Gasteiger partial charge on any atom is 0.138 e. The molecule has 0 bridgehead atoms. The van der Waals surface area contributed by atoms with E-state index in [2.05, 4.69) is 22.9 Å². The van der Waals surface area contributed by atoms with Crippen molar-refractivity contribution in [3.05, 3.63) is 47.2 Å². The van der Waals surface area contributed by atoms with E-state index in [-0.39, 0.29) is 0 Å². The van der Waals surface area contributed by atoms with Gasteiger partial charge in [-0.1, -0.05) is 18.5 Å². The van der Waals surface area contributed by atoms with Gasteiger partial charge in [-0.3, -0.25) is 0 Å². The molecule has 1 heterocycles. The zero-order valence-electron chi connectivity index (χ0n) is 11.3. The highest BCUT2D eigenvalue weighted by atomic mass is 35.5. The second-order valence-corrected chi connectivity index (χ2v) is 4.86. The monoisotopic (exact) mass is 278 g/mol. The van der Waals surface area contributed by atoms with Crippen molar-refractivity contribution in [1.82, 2.24) is 4.57 Å². The second kappa shape index (κ2) is 6.53. The van der Waals surface area contributed by atoms with Gasteiger partial charge in [0.25, 0.3) is 0 Å². The minimum atomic E-state index is 0.644. The van der Waals surface area contributed by atoms with Gasteiger partial charge in [-0.25, -0.2) is 0 Å². The number of hydrogen-bond donors (Lipinski definition) is 1. The van der Waals surface area contributed by atoms with Crippen molar-refractivity contribution < 1.29 is 4.74 Å². The molecule has 0 aliphatic carbocycles. The minimum Gasteiger partial charge on any atom is -0.492 e. The lowest BCUT2D eigenvalue weighted by Crippen LogP contribution is -2.04. The number of benzene rings is 1. The van der Waals surface area contributed by atoms with Crippen molar-refractivity contribution in [1.29, 1.82) is 0 Å². The van der Waals surface area contributed by atoms with Gasteiger partial charge in [0.05, 0.1) is 18.2 Å². The molecule has 19 heavy (non-hydrogen) atoms. The van der Waals surface area contributed by atoms with Gasteiger partial charge in [0.15, 0.2) is 0 Å². The molecule has 102 valence electrons. The Hall–Kier alpha value is -1.61. The summed E-state index contributed by atoms with van der Waals surface area (Å²) in [5.74, 6) is 0.743. The van der Waals surface area contributed by atoms with Crippen LogP contribution in [0, 0.1) is 0 Å². The minimum absolute atomic E-state index is 0.644. The second-order valence-electron chi connectivity index (χ2n) is 4.46. The largest absolute Gasteiger partial charge is 0.492 e. The molecular formula is C15H19ClN2O. The number of halogens is 1. The highest BCUT2D eigenvalue weighted by Gasteiger charge is 2.03. The van der Waals surface area contributed by atoms with Gasteiger partial charge in [-0.15, -0.1) is 0 Å². The number of aryl methyl sites for hydroxylation is 1. The van der Waals surface area contributed by atoms with Crippen molar-refractivity contribution in [2.75, 3.05) is 11.9 Å². The van der Waals surface area contributed by atoms with Gasteiger partial charge in [0.2, 0.25) is 0 Å². The van der Waals surface area contributed by atoms with E-state index in [1.54, 1.807) is 0 Å². The Morgan fingerprint density at radius 1 is 1.32 bits per heavy atom. The molecule has 3 nitrogen and oxygen atoms in total. The van der Waals surface area contributed by atoms with Crippen molar-refractivity contribution in [2.24, 2.45) is 7.05 Å². The lowest BCUT2D eigenvalue weighted by molar-refractivity contribution is 0.317. The number of hydrogen-bond acceptors (Lipinski definition) is 2. The Bertz CT molecular complexity index is 537. The fraction of sp³-hybridized carbons (Fsp3) is 0.333. The molecule has 2 rings (SSSR count). The van der Waals surface area contributed by atoms with Gasteiger partial charge < -0.3 is 14.6 Å². The molecule has 0 saturated heterocycles. The normalized spacial score (nSPS) is 10.5. The maximum atomic E-state index is 6.19. The van der Waals surface area contributed by atoms with Gasteiger partial charge in [-0.05, 0) is 36.8 Å². The van der Waals surface area contributed by atoms with Crippen molar-refractivity contribution in [3.63, 3.8) is 0 Å². The summed E-state index contributed by atoms with van der Waals surface area (Å²) < 4.78 is 7.64. The average Bonchev–Trinajstić information content (AvgIpc) is 2.81. The third kappa shape index (κ3) is 3.67. The zero-order chi connectivity index (χ0) is 13.7. The number of nitrogens with zero attached hydrogens (tertiary/aromatic N) is 1. The smallest absolute Gasteiger partial charge is 0.138 e. The Balaban J connectivity index is 1.98. The fourth-order valence-electron chi connectivity index (χ4n) is 1.81. The third-order valence-electron chi connectivity index (χ3n) is 2.92. The number of rotatable bonds is 6. The Labute approximate surface area is 119 Å². The molecule has 0 atom stereocenters. The first-order valence-corrected chi connectivity index (χ1v) is 6.85.